The van der Waals surface area contributed by atoms with Gasteiger partial charge in [0.15, 0.2) is 11.5 Å². The minimum Gasteiger partial charge on any atom is -0.497 e. The Morgan fingerprint density at radius 3 is 2.50 bits per heavy atom. The zero-order valence-corrected chi connectivity index (χ0v) is 16.7. The van der Waals surface area contributed by atoms with E-state index in [0.717, 1.165) is 36.3 Å². The van der Waals surface area contributed by atoms with Gasteiger partial charge in [0, 0.05) is 17.7 Å². The van der Waals surface area contributed by atoms with E-state index in [0.29, 0.717) is 23.5 Å². The number of allylic oxidation sites excluding steroid dienone is 1. The third-order valence-corrected chi connectivity index (χ3v) is 5.18. The van der Waals surface area contributed by atoms with Gasteiger partial charge in [0.1, 0.15) is 5.75 Å². The largest absolute Gasteiger partial charge is 0.497 e. The third-order valence-electron chi connectivity index (χ3n) is 5.18. The molecular weight excluding hydrogens is 354 g/mol. The van der Waals surface area contributed by atoms with Crippen molar-refractivity contribution in [1.29, 1.82) is 0 Å². The minimum absolute atomic E-state index is 0.00424. The second-order valence-corrected chi connectivity index (χ2v) is 6.79. The number of amides is 1. The zero-order valence-electron chi connectivity index (χ0n) is 16.7. The Labute approximate surface area is 166 Å². The van der Waals surface area contributed by atoms with E-state index in [1.165, 1.54) is 0 Å². The van der Waals surface area contributed by atoms with E-state index in [4.69, 9.17) is 14.2 Å². The molecule has 1 atom stereocenters. The fraction of sp³-hybridized carbons (Fsp3) is 0.348. The van der Waals surface area contributed by atoms with Gasteiger partial charge in [0.2, 0.25) is 0 Å². The van der Waals surface area contributed by atoms with Crippen LogP contribution in [-0.2, 0) is 6.42 Å². The van der Waals surface area contributed by atoms with Crippen LogP contribution in [0.2, 0.25) is 0 Å². The Morgan fingerprint density at radius 2 is 1.89 bits per heavy atom. The normalized spacial score (nSPS) is 16.0. The quantitative estimate of drug-likeness (QED) is 0.666. The molecule has 1 aliphatic heterocycles. The van der Waals surface area contributed by atoms with Crippen LogP contribution in [-0.4, -0.2) is 38.7 Å². The van der Waals surface area contributed by atoms with Crippen molar-refractivity contribution in [3.05, 3.63) is 65.7 Å². The van der Waals surface area contributed by atoms with Gasteiger partial charge in [-0.1, -0.05) is 18.2 Å². The van der Waals surface area contributed by atoms with Crippen molar-refractivity contribution in [2.24, 2.45) is 0 Å². The smallest absolute Gasteiger partial charge is 0.254 e. The Kier molecular flexibility index (Phi) is 6.24. The highest BCUT2D eigenvalue weighted by Gasteiger charge is 2.31. The van der Waals surface area contributed by atoms with Gasteiger partial charge in [-0.2, -0.15) is 0 Å². The first kappa shape index (κ1) is 19.8. The molecule has 1 fully saturated rings. The summed E-state index contributed by atoms with van der Waals surface area (Å²) in [5.74, 6) is 2.02. The SMILES string of the molecule is C=CCc1cc(C(=O)N2CCCC2c2ccc(OC)cc2)cc(OC)c1OC. The van der Waals surface area contributed by atoms with Crippen LogP contribution in [0.25, 0.3) is 0 Å². The summed E-state index contributed by atoms with van der Waals surface area (Å²) in [6.45, 7) is 4.54. The molecule has 0 radical (unpaired) electrons. The lowest BCUT2D eigenvalue weighted by molar-refractivity contribution is 0.0735. The van der Waals surface area contributed by atoms with Crippen molar-refractivity contribution < 1.29 is 19.0 Å². The van der Waals surface area contributed by atoms with Gasteiger partial charge in [-0.15, -0.1) is 6.58 Å². The predicted molar refractivity (Wildman–Crippen MR) is 109 cm³/mol. The highest BCUT2D eigenvalue weighted by atomic mass is 16.5. The number of carbonyl (C=O) groups excluding carboxylic acids is 1. The number of methoxy groups -OCH3 is 3. The van der Waals surface area contributed by atoms with E-state index in [-0.39, 0.29) is 11.9 Å². The molecular formula is C23H27NO4. The molecule has 0 spiro atoms. The molecule has 0 N–H and O–H groups in total. The summed E-state index contributed by atoms with van der Waals surface area (Å²) >= 11 is 0. The first-order valence-electron chi connectivity index (χ1n) is 9.43. The van der Waals surface area contributed by atoms with E-state index in [9.17, 15) is 4.79 Å². The zero-order chi connectivity index (χ0) is 20.1. The van der Waals surface area contributed by atoms with Gasteiger partial charge < -0.3 is 19.1 Å². The molecule has 1 heterocycles. The first-order chi connectivity index (χ1) is 13.6. The van der Waals surface area contributed by atoms with Gasteiger partial charge in [-0.05, 0) is 49.1 Å². The van der Waals surface area contributed by atoms with Crippen molar-refractivity contribution in [2.45, 2.75) is 25.3 Å². The summed E-state index contributed by atoms with van der Waals surface area (Å²) in [5, 5.41) is 0. The summed E-state index contributed by atoms with van der Waals surface area (Å²) in [5.41, 5.74) is 2.62. The third kappa shape index (κ3) is 3.84. The highest BCUT2D eigenvalue weighted by Crippen LogP contribution is 2.37. The van der Waals surface area contributed by atoms with E-state index in [2.05, 4.69) is 6.58 Å². The summed E-state index contributed by atoms with van der Waals surface area (Å²) < 4.78 is 16.2. The van der Waals surface area contributed by atoms with Gasteiger partial charge in [0.25, 0.3) is 5.91 Å². The van der Waals surface area contributed by atoms with Gasteiger partial charge >= 0.3 is 0 Å². The summed E-state index contributed by atoms with van der Waals surface area (Å²) in [6, 6.07) is 11.7. The van der Waals surface area contributed by atoms with Crippen molar-refractivity contribution in [3.63, 3.8) is 0 Å². The number of benzene rings is 2. The molecule has 0 bridgehead atoms. The van der Waals surface area contributed by atoms with Crippen LogP contribution in [0.3, 0.4) is 0 Å². The fourth-order valence-corrected chi connectivity index (χ4v) is 3.82. The molecule has 1 unspecified atom stereocenters. The first-order valence-corrected chi connectivity index (χ1v) is 9.43. The molecule has 28 heavy (non-hydrogen) atoms. The molecule has 1 saturated heterocycles. The van der Waals surface area contributed by atoms with Crippen LogP contribution in [0.5, 0.6) is 17.2 Å². The Bertz CT molecular complexity index is 844. The molecule has 0 aliphatic carbocycles. The maximum absolute atomic E-state index is 13.4. The molecule has 148 valence electrons. The average molecular weight is 381 g/mol. The maximum Gasteiger partial charge on any atom is 0.254 e. The Balaban J connectivity index is 1.93. The monoisotopic (exact) mass is 381 g/mol. The fourth-order valence-electron chi connectivity index (χ4n) is 3.82. The molecule has 1 amide bonds. The molecule has 5 heteroatoms. The number of carbonyl (C=O) groups is 1. The van der Waals surface area contributed by atoms with Crippen LogP contribution in [0.1, 0.15) is 40.4 Å². The van der Waals surface area contributed by atoms with Gasteiger partial charge in [0.05, 0.1) is 27.4 Å². The lowest BCUT2D eigenvalue weighted by Crippen LogP contribution is -2.30. The standard InChI is InChI=1S/C23H27NO4/c1-5-7-17-14-18(15-21(27-3)22(17)28-4)23(25)24-13-6-8-20(24)16-9-11-19(26-2)12-10-16/h5,9-12,14-15,20H,1,6-8,13H2,2-4H3. The Hall–Kier alpha value is -2.95. The van der Waals surface area contributed by atoms with Gasteiger partial charge in [-0.3, -0.25) is 4.79 Å². The van der Waals surface area contributed by atoms with Crippen molar-refractivity contribution >= 4 is 5.91 Å². The topological polar surface area (TPSA) is 48.0 Å². The molecule has 5 nitrogen and oxygen atoms in total. The molecule has 1 aliphatic rings. The second-order valence-electron chi connectivity index (χ2n) is 6.79. The number of likely N-dealkylation sites (tertiary alicyclic amines) is 1. The van der Waals surface area contributed by atoms with Crippen LogP contribution in [0, 0.1) is 0 Å². The van der Waals surface area contributed by atoms with Gasteiger partial charge in [-0.25, -0.2) is 0 Å². The molecule has 3 rings (SSSR count). The minimum atomic E-state index is 0.00424. The molecule has 0 saturated carbocycles. The number of rotatable bonds is 7. The average Bonchev–Trinajstić information content (AvgIpc) is 3.22. The lowest BCUT2D eigenvalue weighted by atomic mass is 10.0. The number of hydrogen-bond acceptors (Lipinski definition) is 4. The number of nitrogens with zero attached hydrogens (tertiary/aromatic N) is 1. The number of hydrogen-bond donors (Lipinski definition) is 0. The van der Waals surface area contributed by atoms with E-state index < -0.39 is 0 Å². The number of ether oxygens (including phenoxy) is 3. The Morgan fingerprint density at radius 1 is 1.14 bits per heavy atom. The van der Waals surface area contributed by atoms with E-state index in [1.54, 1.807) is 33.5 Å². The molecule has 2 aromatic rings. The lowest BCUT2D eigenvalue weighted by Gasteiger charge is -2.26. The van der Waals surface area contributed by atoms with E-state index in [1.807, 2.05) is 35.2 Å². The second kappa shape index (κ2) is 8.83. The summed E-state index contributed by atoms with van der Waals surface area (Å²) in [6.07, 6.45) is 4.32. The van der Waals surface area contributed by atoms with E-state index >= 15 is 0 Å². The van der Waals surface area contributed by atoms with Crippen LogP contribution in [0.15, 0.2) is 49.1 Å². The highest BCUT2D eigenvalue weighted by molar-refractivity contribution is 5.95. The predicted octanol–water partition coefficient (Wildman–Crippen LogP) is 4.42. The van der Waals surface area contributed by atoms with Crippen LogP contribution in [0.4, 0.5) is 0 Å². The van der Waals surface area contributed by atoms with Crippen LogP contribution < -0.4 is 14.2 Å². The molecule has 0 aromatic heterocycles. The summed E-state index contributed by atoms with van der Waals surface area (Å²) in [7, 11) is 4.84. The molecule has 2 aromatic carbocycles. The van der Waals surface area contributed by atoms with Crippen molar-refractivity contribution in [3.8, 4) is 17.2 Å². The summed E-state index contributed by atoms with van der Waals surface area (Å²) in [4.78, 5) is 15.3. The van der Waals surface area contributed by atoms with Crippen molar-refractivity contribution in [2.75, 3.05) is 27.9 Å². The maximum atomic E-state index is 13.4. The van der Waals surface area contributed by atoms with Crippen molar-refractivity contribution in [1.82, 2.24) is 4.90 Å². The van der Waals surface area contributed by atoms with Crippen LogP contribution >= 0.6 is 0 Å².